The maximum atomic E-state index is 8.77. The van der Waals surface area contributed by atoms with Crippen molar-refractivity contribution >= 4 is 16.7 Å². The largest absolute Gasteiger partial charge is 0.409 e. The number of amidine groups is 1. The minimum atomic E-state index is -0.00615. The van der Waals surface area contributed by atoms with Gasteiger partial charge in [-0.25, -0.2) is 4.98 Å². The van der Waals surface area contributed by atoms with Crippen molar-refractivity contribution in [3.05, 3.63) is 60.3 Å². The molecule has 0 saturated carbocycles. The Labute approximate surface area is 115 Å². The van der Waals surface area contributed by atoms with Gasteiger partial charge < -0.3 is 15.5 Å². The Morgan fingerprint density at radius 2 is 2.05 bits per heavy atom. The molecule has 20 heavy (non-hydrogen) atoms. The molecule has 0 unspecified atom stereocenters. The molecule has 0 amide bonds. The zero-order valence-electron chi connectivity index (χ0n) is 10.6. The normalized spacial score (nSPS) is 11.9. The second-order valence-corrected chi connectivity index (χ2v) is 4.35. The van der Waals surface area contributed by atoms with Gasteiger partial charge >= 0.3 is 0 Å². The number of aromatic nitrogens is 3. The van der Waals surface area contributed by atoms with E-state index in [1.165, 1.54) is 0 Å². The van der Waals surface area contributed by atoms with Crippen LogP contribution < -0.4 is 5.73 Å². The molecule has 3 aromatic rings. The summed E-state index contributed by atoms with van der Waals surface area (Å²) >= 11 is 0. The maximum absolute atomic E-state index is 8.77. The molecule has 3 rings (SSSR count). The monoisotopic (exact) mass is 267 g/mol. The topological polar surface area (TPSA) is 89.3 Å². The van der Waals surface area contributed by atoms with E-state index in [4.69, 9.17) is 10.9 Å². The lowest BCUT2D eigenvalue weighted by atomic mass is 10.1. The van der Waals surface area contributed by atoms with E-state index in [0.29, 0.717) is 12.4 Å². The van der Waals surface area contributed by atoms with Crippen LogP contribution in [0.4, 0.5) is 0 Å². The van der Waals surface area contributed by atoms with Crippen LogP contribution in [0.3, 0.4) is 0 Å². The lowest BCUT2D eigenvalue weighted by Gasteiger charge is -2.09. The third-order valence-electron chi connectivity index (χ3n) is 3.13. The second-order valence-electron chi connectivity index (χ2n) is 4.35. The second kappa shape index (κ2) is 5.00. The number of benzene rings is 1. The molecule has 100 valence electrons. The van der Waals surface area contributed by atoms with E-state index in [2.05, 4.69) is 15.1 Å². The van der Waals surface area contributed by atoms with Gasteiger partial charge in [0.15, 0.2) is 5.82 Å². The standard InChI is InChI=1S/C14H13N5O/c15-13(18-20)14-17-7-8-19(14)9-10-5-6-16-12-4-2-1-3-11(10)12/h1-8,20H,9H2,(H2,15,18). The average Bonchev–Trinajstić information content (AvgIpc) is 2.95. The molecule has 2 aromatic heterocycles. The summed E-state index contributed by atoms with van der Waals surface area (Å²) in [6.07, 6.45) is 5.19. The number of hydrogen-bond donors (Lipinski definition) is 2. The Balaban J connectivity index is 2.04. The van der Waals surface area contributed by atoms with Crippen molar-refractivity contribution in [2.45, 2.75) is 6.54 Å². The van der Waals surface area contributed by atoms with Gasteiger partial charge in [-0.15, -0.1) is 0 Å². The molecule has 0 radical (unpaired) electrons. The summed E-state index contributed by atoms with van der Waals surface area (Å²) in [6.45, 7) is 0.578. The predicted octanol–water partition coefficient (Wildman–Crippen LogP) is 1.57. The summed E-state index contributed by atoms with van der Waals surface area (Å²) in [7, 11) is 0. The Hall–Kier alpha value is -2.89. The van der Waals surface area contributed by atoms with Crippen molar-refractivity contribution in [2.24, 2.45) is 10.9 Å². The summed E-state index contributed by atoms with van der Waals surface area (Å²) < 4.78 is 1.83. The van der Waals surface area contributed by atoms with Crippen molar-refractivity contribution in [1.82, 2.24) is 14.5 Å². The van der Waals surface area contributed by atoms with Gasteiger partial charge in [-0.05, 0) is 17.7 Å². The van der Waals surface area contributed by atoms with Crippen molar-refractivity contribution in [3.63, 3.8) is 0 Å². The minimum absolute atomic E-state index is 0.00615. The van der Waals surface area contributed by atoms with Crippen LogP contribution in [0.25, 0.3) is 10.9 Å². The molecule has 0 aliphatic heterocycles. The third-order valence-corrected chi connectivity index (χ3v) is 3.13. The smallest absolute Gasteiger partial charge is 0.206 e. The highest BCUT2D eigenvalue weighted by atomic mass is 16.4. The molecule has 0 aliphatic rings. The number of fused-ring (bicyclic) bond motifs is 1. The molecule has 1 aromatic carbocycles. The fraction of sp³-hybridized carbons (Fsp3) is 0.0714. The van der Waals surface area contributed by atoms with Crippen LogP contribution in [0.15, 0.2) is 54.1 Å². The molecule has 0 spiro atoms. The first-order valence-corrected chi connectivity index (χ1v) is 6.11. The quantitative estimate of drug-likeness (QED) is 0.326. The Bertz CT molecular complexity index is 773. The molecule has 2 heterocycles. The van der Waals surface area contributed by atoms with E-state index in [1.807, 2.05) is 34.9 Å². The number of nitrogens with two attached hydrogens (primary N) is 1. The van der Waals surface area contributed by atoms with Crippen LogP contribution in [-0.2, 0) is 6.54 Å². The van der Waals surface area contributed by atoms with E-state index in [1.54, 1.807) is 18.6 Å². The van der Waals surface area contributed by atoms with Crippen LogP contribution in [0, 0.1) is 0 Å². The van der Waals surface area contributed by atoms with Crippen molar-refractivity contribution in [2.75, 3.05) is 0 Å². The lowest BCUT2D eigenvalue weighted by molar-refractivity contribution is 0.318. The Morgan fingerprint density at radius 1 is 1.20 bits per heavy atom. The molecule has 3 N–H and O–H groups in total. The van der Waals surface area contributed by atoms with Crippen LogP contribution in [0.5, 0.6) is 0 Å². The number of oxime groups is 1. The molecule has 6 heteroatoms. The highest BCUT2D eigenvalue weighted by Gasteiger charge is 2.09. The van der Waals surface area contributed by atoms with Crippen molar-refractivity contribution < 1.29 is 5.21 Å². The Kier molecular flexibility index (Phi) is 3.04. The van der Waals surface area contributed by atoms with Crippen LogP contribution in [0.1, 0.15) is 11.4 Å². The fourth-order valence-corrected chi connectivity index (χ4v) is 2.19. The first-order valence-electron chi connectivity index (χ1n) is 6.11. The summed E-state index contributed by atoms with van der Waals surface area (Å²) in [5, 5.41) is 12.8. The molecule has 0 fully saturated rings. The number of pyridine rings is 1. The minimum Gasteiger partial charge on any atom is -0.409 e. The van der Waals surface area contributed by atoms with E-state index in [-0.39, 0.29) is 5.84 Å². The molecular formula is C14H13N5O. The highest BCUT2D eigenvalue weighted by molar-refractivity contribution is 5.93. The average molecular weight is 267 g/mol. The molecule has 0 aliphatic carbocycles. The molecule has 0 saturated heterocycles. The van der Waals surface area contributed by atoms with Crippen LogP contribution >= 0.6 is 0 Å². The number of rotatable bonds is 3. The van der Waals surface area contributed by atoms with Gasteiger partial charge in [-0.1, -0.05) is 23.4 Å². The Morgan fingerprint density at radius 3 is 2.90 bits per heavy atom. The van der Waals surface area contributed by atoms with Gasteiger partial charge in [-0.2, -0.15) is 0 Å². The number of hydrogen-bond acceptors (Lipinski definition) is 4. The van der Waals surface area contributed by atoms with Gasteiger partial charge in [0.2, 0.25) is 5.84 Å². The van der Waals surface area contributed by atoms with Gasteiger partial charge in [0.05, 0.1) is 5.52 Å². The summed E-state index contributed by atoms with van der Waals surface area (Å²) in [5.41, 5.74) is 7.65. The first kappa shape index (κ1) is 12.2. The first-order chi connectivity index (χ1) is 9.79. The van der Waals surface area contributed by atoms with Gasteiger partial charge in [0.1, 0.15) is 0 Å². The molecular weight excluding hydrogens is 254 g/mol. The molecule has 0 atom stereocenters. The highest BCUT2D eigenvalue weighted by Crippen LogP contribution is 2.17. The number of nitrogens with zero attached hydrogens (tertiary/aromatic N) is 4. The fourth-order valence-electron chi connectivity index (χ4n) is 2.19. The molecule has 0 bridgehead atoms. The third kappa shape index (κ3) is 2.07. The zero-order valence-corrected chi connectivity index (χ0v) is 10.6. The van der Waals surface area contributed by atoms with Gasteiger partial charge in [0, 0.05) is 30.5 Å². The van der Waals surface area contributed by atoms with Crippen molar-refractivity contribution in [3.8, 4) is 0 Å². The van der Waals surface area contributed by atoms with E-state index in [9.17, 15) is 0 Å². The molecule has 6 nitrogen and oxygen atoms in total. The number of imidazole rings is 1. The summed E-state index contributed by atoms with van der Waals surface area (Å²) in [5.74, 6) is 0.432. The zero-order chi connectivity index (χ0) is 13.9. The summed E-state index contributed by atoms with van der Waals surface area (Å²) in [4.78, 5) is 8.43. The maximum Gasteiger partial charge on any atom is 0.206 e. The van der Waals surface area contributed by atoms with E-state index < -0.39 is 0 Å². The SMILES string of the molecule is N/C(=N/O)c1nccn1Cc1ccnc2ccccc12. The van der Waals surface area contributed by atoms with Crippen LogP contribution in [0.2, 0.25) is 0 Å². The van der Waals surface area contributed by atoms with Crippen LogP contribution in [-0.4, -0.2) is 25.6 Å². The lowest BCUT2D eigenvalue weighted by Crippen LogP contribution is -2.19. The number of para-hydroxylation sites is 1. The van der Waals surface area contributed by atoms with Gasteiger partial charge in [0.25, 0.3) is 0 Å². The summed E-state index contributed by atoms with van der Waals surface area (Å²) in [6, 6.07) is 9.89. The van der Waals surface area contributed by atoms with Crippen molar-refractivity contribution in [1.29, 1.82) is 0 Å². The van der Waals surface area contributed by atoms with E-state index in [0.717, 1.165) is 16.5 Å². The van der Waals surface area contributed by atoms with E-state index >= 15 is 0 Å². The van der Waals surface area contributed by atoms with Gasteiger partial charge in [-0.3, -0.25) is 4.98 Å². The predicted molar refractivity (Wildman–Crippen MR) is 75.6 cm³/mol.